The molecular formula is C27H46N12O8. The van der Waals surface area contributed by atoms with Crippen LogP contribution in [0.25, 0.3) is 0 Å². The largest absolute Gasteiger partial charge is 0.480 e. The van der Waals surface area contributed by atoms with Gasteiger partial charge in [0, 0.05) is 25.7 Å². The molecule has 1 aromatic carbocycles. The molecule has 0 unspecified atom stereocenters. The Balaban J connectivity index is 0.000000749. The van der Waals surface area contributed by atoms with Gasteiger partial charge in [-0.25, -0.2) is 9.78 Å². The number of rotatable bonds is 17. The summed E-state index contributed by atoms with van der Waals surface area (Å²) in [7, 11) is 0. The lowest BCUT2D eigenvalue weighted by molar-refractivity contribution is -0.139. The van der Waals surface area contributed by atoms with Gasteiger partial charge in [-0.2, -0.15) is 0 Å². The number of carbonyl (C=O) groups excluding carboxylic acids is 1. The number of aromatic amines is 1. The number of aromatic nitrogens is 2. The minimum atomic E-state index is -1.06. The molecule has 20 nitrogen and oxygen atoms in total. The zero-order valence-corrected chi connectivity index (χ0v) is 25.7. The number of nitrogens with zero attached hydrogens (tertiary/aromatic N) is 1. The lowest BCUT2D eigenvalue weighted by atomic mass is 10.1. The van der Waals surface area contributed by atoms with Gasteiger partial charge >= 0.3 is 23.9 Å². The van der Waals surface area contributed by atoms with Gasteiger partial charge in [-0.05, 0) is 49.8 Å². The minimum absolute atomic E-state index is 0.112. The Morgan fingerprint density at radius 3 is 1.62 bits per heavy atom. The number of carboxylic acid groups (broad SMARTS) is 3. The Morgan fingerprint density at radius 2 is 1.23 bits per heavy atom. The van der Waals surface area contributed by atoms with Crippen LogP contribution in [0.1, 0.15) is 36.9 Å². The number of nitrogens with two attached hydrogens (primary N) is 6. The summed E-state index contributed by atoms with van der Waals surface area (Å²) < 4.78 is 5.18. The second-order valence-electron chi connectivity index (χ2n) is 9.94. The summed E-state index contributed by atoms with van der Waals surface area (Å²) in [6.07, 6.45) is 5.59. The number of carboxylic acids is 3. The quantitative estimate of drug-likeness (QED) is 0.0266. The van der Waals surface area contributed by atoms with Crippen molar-refractivity contribution >= 4 is 35.8 Å². The van der Waals surface area contributed by atoms with Gasteiger partial charge in [0.15, 0.2) is 11.9 Å². The van der Waals surface area contributed by atoms with Crippen LogP contribution in [-0.4, -0.2) is 98.3 Å². The Labute approximate surface area is 270 Å². The molecule has 0 aliphatic heterocycles. The van der Waals surface area contributed by atoms with Crippen molar-refractivity contribution in [2.24, 2.45) is 34.4 Å². The van der Waals surface area contributed by atoms with Crippen LogP contribution < -0.4 is 49.8 Å². The van der Waals surface area contributed by atoms with E-state index in [4.69, 9.17) is 65.3 Å². The summed E-state index contributed by atoms with van der Waals surface area (Å²) in [6.45, 7) is 0.965. The van der Waals surface area contributed by atoms with Gasteiger partial charge in [-0.15, -0.1) is 0 Å². The highest BCUT2D eigenvalue weighted by atomic mass is 16.5. The van der Waals surface area contributed by atoms with Crippen molar-refractivity contribution in [3.8, 4) is 5.75 Å². The van der Waals surface area contributed by atoms with Crippen LogP contribution in [0.2, 0.25) is 0 Å². The van der Waals surface area contributed by atoms with E-state index in [1.54, 1.807) is 30.5 Å². The molecule has 0 radical (unpaired) electrons. The highest BCUT2D eigenvalue weighted by Gasteiger charge is 2.18. The molecule has 0 saturated heterocycles. The van der Waals surface area contributed by atoms with E-state index in [0.717, 1.165) is 5.56 Å². The third-order valence-electron chi connectivity index (χ3n) is 5.85. The molecule has 0 amide bonds. The number of aliphatic carboxylic acids is 3. The van der Waals surface area contributed by atoms with Crippen molar-refractivity contribution in [1.29, 1.82) is 10.8 Å². The van der Waals surface area contributed by atoms with Crippen molar-refractivity contribution in [2.45, 2.75) is 62.7 Å². The van der Waals surface area contributed by atoms with E-state index < -0.39 is 48.0 Å². The summed E-state index contributed by atoms with van der Waals surface area (Å²) in [6, 6.07) is 3.03. The molecule has 47 heavy (non-hydrogen) atoms. The normalized spacial score (nSPS) is 12.7. The first-order valence-electron chi connectivity index (χ1n) is 14.2. The maximum atomic E-state index is 11.9. The Bertz CT molecular complexity index is 1220. The van der Waals surface area contributed by atoms with E-state index in [1.165, 1.54) is 6.33 Å². The second-order valence-corrected chi connectivity index (χ2v) is 9.94. The molecule has 0 spiro atoms. The fourth-order valence-electron chi connectivity index (χ4n) is 3.27. The summed E-state index contributed by atoms with van der Waals surface area (Å²) in [5.74, 6) is -3.53. The van der Waals surface area contributed by atoms with Crippen molar-refractivity contribution < 1.29 is 39.2 Å². The van der Waals surface area contributed by atoms with Crippen molar-refractivity contribution in [1.82, 2.24) is 20.6 Å². The molecule has 20 N–H and O–H groups in total. The fourth-order valence-corrected chi connectivity index (χ4v) is 3.27. The van der Waals surface area contributed by atoms with Crippen LogP contribution in [0.15, 0.2) is 36.8 Å². The van der Waals surface area contributed by atoms with E-state index in [1.807, 2.05) is 0 Å². The molecule has 0 aliphatic rings. The molecule has 0 bridgehead atoms. The predicted octanol–water partition coefficient (Wildman–Crippen LogP) is -2.84. The highest BCUT2D eigenvalue weighted by molar-refractivity contribution is 5.78. The number of hydrogen-bond donors (Lipinski definition) is 14. The first-order valence-corrected chi connectivity index (χ1v) is 14.2. The molecule has 0 aliphatic carbocycles. The molecule has 2 aromatic rings. The van der Waals surface area contributed by atoms with Crippen molar-refractivity contribution in [3.05, 3.63) is 48.0 Å². The van der Waals surface area contributed by atoms with Crippen LogP contribution in [0, 0.1) is 10.8 Å². The van der Waals surface area contributed by atoms with Crippen LogP contribution in [-0.2, 0) is 32.0 Å². The average Bonchev–Trinajstić information content (AvgIpc) is 3.51. The molecular weight excluding hydrogens is 620 g/mol. The highest BCUT2D eigenvalue weighted by Crippen LogP contribution is 2.14. The fraction of sp³-hybridized carbons (Fsp3) is 0.444. The number of carbonyl (C=O) groups is 4. The van der Waals surface area contributed by atoms with Gasteiger partial charge in [0.25, 0.3) is 0 Å². The number of hydrogen-bond acceptors (Lipinski definition) is 12. The van der Waals surface area contributed by atoms with Gasteiger partial charge in [0.2, 0.25) is 0 Å². The van der Waals surface area contributed by atoms with Crippen LogP contribution in [0.5, 0.6) is 5.75 Å². The number of guanidine groups is 2. The van der Waals surface area contributed by atoms with Crippen molar-refractivity contribution in [3.63, 3.8) is 0 Å². The first-order chi connectivity index (χ1) is 22.0. The SMILES string of the molecule is N=C(N)NCCC[C@H](N)C(=O)O.N=C(N)NCCC[C@H](N)C(=O)O.N[C@@H](Cc1ccc(OC(=O)[C@@H](N)Cc2c[nH]cn2)cc1)C(=O)O. The van der Waals surface area contributed by atoms with Gasteiger partial charge in [0.05, 0.1) is 12.0 Å². The summed E-state index contributed by atoms with van der Waals surface area (Å²) in [5, 5.41) is 44.2. The maximum Gasteiger partial charge on any atom is 0.328 e. The zero-order valence-electron chi connectivity index (χ0n) is 25.7. The van der Waals surface area contributed by atoms with Crippen molar-refractivity contribution in [2.75, 3.05) is 13.1 Å². The lowest BCUT2D eigenvalue weighted by Crippen LogP contribution is -2.36. The molecule has 0 fully saturated rings. The minimum Gasteiger partial charge on any atom is -0.480 e. The average molecular weight is 667 g/mol. The third-order valence-corrected chi connectivity index (χ3v) is 5.85. The molecule has 4 atom stereocenters. The predicted molar refractivity (Wildman–Crippen MR) is 171 cm³/mol. The molecule has 1 heterocycles. The van der Waals surface area contributed by atoms with Gasteiger partial charge in [-0.1, -0.05) is 12.1 Å². The van der Waals surface area contributed by atoms with Crippen LogP contribution in [0.3, 0.4) is 0 Å². The zero-order chi connectivity index (χ0) is 35.9. The van der Waals surface area contributed by atoms with E-state index in [-0.39, 0.29) is 24.8 Å². The Kier molecular flexibility index (Phi) is 20.5. The third kappa shape index (κ3) is 21.1. The number of imidazole rings is 1. The van der Waals surface area contributed by atoms with Gasteiger partial charge in [-0.3, -0.25) is 25.2 Å². The molecule has 0 saturated carbocycles. The molecule has 262 valence electrons. The number of benzene rings is 1. The number of H-pyrrole nitrogens is 1. The molecule has 2 rings (SSSR count). The lowest BCUT2D eigenvalue weighted by Gasteiger charge is -2.11. The summed E-state index contributed by atoms with van der Waals surface area (Å²) in [5.41, 5.74) is 33.1. The van der Waals surface area contributed by atoms with E-state index >= 15 is 0 Å². The molecule has 1 aromatic heterocycles. The summed E-state index contributed by atoms with van der Waals surface area (Å²) >= 11 is 0. The topological polar surface area (TPSA) is 395 Å². The van der Waals surface area contributed by atoms with E-state index in [2.05, 4.69) is 20.6 Å². The Hall–Kier alpha value is -5.31. The number of ether oxygens (including phenoxy) is 1. The van der Waals surface area contributed by atoms with Crippen LogP contribution in [0.4, 0.5) is 0 Å². The van der Waals surface area contributed by atoms with Gasteiger partial charge in [0.1, 0.15) is 29.9 Å². The number of nitrogens with one attached hydrogen (secondary N) is 5. The molecule has 20 heteroatoms. The van der Waals surface area contributed by atoms with Crippen LogP contribution >= 0.6 is 0 Å². The van der Waals surface area contributed by atoms with E-state index in [0.29, 0.717) is 50.2 Å². The monoisotopic (exact) mass is 666 g/mol. The first kappa shape index (κ1) is 41.7. The smallest absolute Gasteiger partial charge is 0.328 e. The number of esters is 1. The maximum absolute atomic E-state index is 11.9. The van der Waals surface area contributed by atoms with Gasteiger partial charge < -0.3 is 70.1 Å². The summed E-state index contributed by atoms with van der Waals surface area (Å²) in [4.78, 5) is 49.8. The Morgan fingerprint density at radius 1 is 0.766 bits per heavy atom. The van der Waals surface area contributed by atoms with E-state index in [9.17, 15) is 19.2 Å². The second kappa shape index (κ2) is 23.1. The standard InChI is InChI=1S/C15H18N4O4.2C6H14N4O2/c16-12(14(20)21)5-9-1-3-11(4-2-9)23-15(22)13(17)6-10-7-18-8-19-10;2*7-4(5(11)12)2-1-3-10-6(8)9/h1-4,7-8,12-13H,5-6,16-17H2,(H,18,19)(H,20,21);2*4H,1-3,7H2,(H,11,12)(H4,8,9,10)/t12-,13-;2*4-/m000/s1.